The highest BCUT2D eigenvalue weighted by atomic mass is 19.4. The lowest BCUT2D eigenvalue weighted by Crippen LogP contribution is -2.39. The van der Waals surface area contributed by atoms with Crippen LogP contribution in [-0.2, 0) is 17.4 Å². The second kappa shape index (κ2) is 5.83. The Morgan fingerprint density at radius 3 is 2.80 bits per heavy atom. The Balaban J connectivity index is 2.04. The number of halogens is 3. The fraction of sp³-hybridized carbons (Fsp3) is 0.500. The smallest absolute Gasteiger partial charge is 0.341 e. The largest absolute Gasteiger partial charge is 0.416 e. The van der Waals surface area contributed by atoms with Crippen molar-refractivity contribution in [3.63, 3.8) is 0 Å². The summed E-state index contributed by atoms with van der Waals surface area (Å²) in [6.07, 6.45) is -3.50. The normalized spacial score (nSPS) is 19.1. The van der Waals surface area contributed by atoms with Crippen LogP contribution in [0.5, 0.6) is 0 Å². The zero-order chi connectivity index (χ0) is 14.8. The maximum absolute atomic E-state index is 12.6. The third kappa shape index (κ3) is 3.50. The van der Waals surface area contributed by atoms with Crippen LogP contribution < -0.4 is 5.32 Å². The van der Waals surface area contributed by atoms with Gasteiger partial charge in [-0.25, -0.2) is 0 Å². The van der Waals surface area contributed by atoms with E-state index in [4.69, 9.17) is 0 Å². The highest BCUT2D eigenvalue weighted by molar-refractivity contribution is 5.79. The molecule has 1 aromatic carbocycles. The summed E-state index contributed by atoms with van der Waals surface area (Å²) in [7, 11) is 1.70. The van der Waals surface area contributed by atoms with E-state index in [0.29, 0.717) is 5.56 Å². The molecule has 0 aliphatic carbocycles. The molecule has 0 spiro atoms. The molecule has 1 atom stereocenters. The fourth-order valence-corrected chi connectivity index (χ4v) is 2.33. The molecule has 1 saturated heterocycles. The predicted molar refractivity (Wildman–Crippen MR) is 69.2 cm³/mol. The van der Waals surface area contributed by atoms with Crippen LogP contribution in [0.3, 0.4) is 0 Å². The summed E-state index contributed by atoms with van der Waals surface area (Å²) in [6.45, 7) is 1.61. The van der Waals surface area contributed by atoms with E-state index in [1.54, 1.807) is 18.0 Å². The number of alkyl halides is 3. The van der Waals surface area contributed by atoms with E-state index in [1.165, 1.54) is 6.07 Å². The van der Waals surface area contributed by atoms with Crippen molar-refractivity contribution in [2.75, 3.05) is 20.1 Å². The number of benzene rings is 1. The van der Waals surface area contributed by atoms with Crippen molar-refractivity contribution in [1.29, 1.82) is 0 Å². The van der Waals surface area contributed by atoms with E-state index in [0.717, 1.165) is 31.6 Å². The molecule has 0 bridgehead atoms. The Morgan fingerprint density at radius 2 is 2.20 bits per heavy atom. The van der Waals surface area contributed by atoms with Crippen molar-refractivity contribution in [3.05, 3.63) is 35.4 Å². The first-order chi connectivity index (χ1) is 9.38. The van der Waals surface area contributed by atoms with Crippen LogP contribution in [-0.4, -0.2) is 37.0 Å². The standard InChI is InChI=1S/C14H17F3N2O/c1-19(12-5-6-18-9-12)13(20)8-10-3-2-4-11(7-10)14(15,16)17/h2-4,7,12,18H,5-6,8-9H2,1H3. The van der Waals surface area contributed by atoms with Crippen LogP contribution in [0, 0.1) is 0 Å². The summed E-state index contributed by atoms with van der Waals surface area (Å²) in [5, 5.41) is 3.16. The van der Waals surface area contributed by atoms with E-state index < -0.39 is 11.7 Å². The maximum atomic E-state index is 12.6. The van der Waals surface area contributed by atoms with Crippen molar-refractivity contribution < 1.29 is 18.0 Å². The van der Waals surface area contributed by atoms with Gasteiger partial charge in [-0.05, 0) is 24.6 Å². The van der Waals surface area contributed by atoms with Gasteiger partial charge in [-0.3, -0.25) is 4.79 Å². The van der Waals surface area contributed by atoms with E-state index in [2.05, 4.69) is 5.32 Å². The summed E-state index contributed by atoms with van der Waals surface area (Å²) >= 11 is 0. The molecular formula is C14H17F3N2O. The van der Waals surface area contributed by atoms with Crippen LogP contribution in [0.2, 0.25) is 0 Å². The van der Waals surface area contributed by atoms with Crippen molar-refractivity contribution in [2.45, 2.75) is 25.1 Å². The lowest BCUT2D eigenvalue weighted by atomic mass is 10.1. The molecule has 1 aromatic rings. The number of hydrogen-bond acceptors (Lipinski definition) is 2. The van der Waals surface area contributed by atoms with Gasteiger partial charge in [0.1, 0.15) is 0 Å². The number of hydrogen-bond donors (Lipinski definition) is 1. The highest BCUT2D eigenvalue weighted by Gasteiger charge is 2.30. The topological polar surface area (TPSA) is 32.3 Å². The average Bonchev–Trinajstić information content (AvgIpc) is 2.91. The van der Waals surface area contributed by atoms with Crippen LogP contribution >= 0.6 is 0 Å². The van der Waals surface area contributed by atoms with E-state index >= 15 is 0 Å². The minimum absolute atomic E-state index is 0.00306. The van der Waals surface area contributed by atoms with Crippen LogP contribution in [0.25, 0.3) is 0 Å². The number of carbonyl (C=O) groups is 1. The molecular weight excluding hydrogens is 269 g/mol. The molecule has 1 aliphatic heterocycles. The third-order valence-corrected chi connectivity index (χ3v) is 3.59. The van der Waals surface area contributed by atoms with Crippen molar-refractivity contribution in [3.8, 4) is 0 Å². The van der Waals surface area contributed by atoms with Crippen LogP contribution in [0.15, 0.2) is 24.3 Å². The second-order valence-electron chi connectivity index (χ2n) is 5.03. The van der Waals surface area contributed by atoms with Gasteiger partial charge in [-0.2, -0.15) is 13.2 Å². The predicted octanol–water partition coefficient (Wildman–Crippen LogP) is 2.07. The van der Waals surface area contributed by atoms with Crippen LogP contribution in [0.1, 0.15) is 17.5 Å². The van der Waals surface area contributed by atoms with Gasteiger partial charge < -0.3 is 10.2 Å². The molecule has 20 heavy (non-hydrogen) atoms. The minimum Gasteiger partial charge on any atom is -0.341 e. The lowest BCUT2D eigenvalue weighted by Gasteiger charge is -2.24. The number of amides is 1. The van der Waals surface area contributed by atoms with E-state index in [9.17, 15) is 18.0 Å². The number of nitrogens with one attached hydrogen (secondary N) is 1. The first kappa shape index (κ1) is 14.8. The Hall–Kier alpha value is -1.56. The zero-order valence-electron chi connectivity index (χ0n) is 11.2. The molecule has 2 rings (SSSR count). The molecule has 3 nitrogen and oxygen atoms in total. The van der Waals surface area contributed by atoms with Gasteiger partial charge >= 0.3 is 6.18 Å². The van der Waals surface area contributed by atoms with Gasteiger partial charge in [0, 0.05) is 19.6 Å². The van der Waals surface area contributed by atoms with Gasteiger partial charge in [0.25, 0.3) is 0 Å². The Kier molecular flexibility index (Phi) is 4.32. The molecule has 1 unspecified atom stereocenters. The molecule has 1 fully saturated rings. The molecule has 1 aliphatic rings. The molecule has 6 heteroatoms. The monoisotopic (exact) mass is 286 g/mol. The van der Waals surface area contributed by atoms with Crippen molar-refractivity contribution >= 4 is 5.91 Å². The summed E-state index contributed by atoms with van der Waals surface area (Å²) in [5.41, 5.74) is -0.324. The zero-order valence-corrected chi connectivity index (χ0v) is 11.2. The number of rotatable bonds is 3. The number of nitrogens with zero attached hydrogens (tertiary/aromatic N) is 1. The summed E-state index contributed by atoms with van der Waals surface area (Å²) < 4.78 is 37.8. The molecule has 0 aromatic heterocycles. The summed E-state index contributed by atoms with van der Waals surface area (Å²) in [6, 6.07) is 5.07. The lowest BCUT2D eigenvalue weighted by molar-refractivity contribution is -0.138. The van der Waals surface area contributed by atoms with Crippen molar-refractivity contribution in [2.24, 2.45) is 0 Å². The van der Waals surface area contributed by atoms with Gasteiger partial charge in [0.05, 0.1) is 12.0 Å². The van der Waals surface area contributed by atoms with Gasteiger partial charge in [0.2, 0.25) is 5.91 Å². The van der Waals surface area contributed by atoms with E-state index in [1.807, 2.05) is 0 Å². The molecule has 0 saturated carbocycles. The second-order valence-corrected chi connectivity index (χ2v) is 5.03. The SMILES string of the molecule is CN(C(=O)Cc1cccc(C(F)(F)F)c1)C1CCNC1. The van der Waals surface area contributed by atoms with Gasteiger partial charge in [-0.15, -0.1) is 0 Å². The summed E-state index contributed by atoms with van der Waals surface area (Å²) in [5.74, 6) is -0.155. The Morgan fingerprint density at radius 1 is 1.45 bits per heavy atom. The van der Waals surface area contributed by atoms with Crippen LogP contribution in [0.4, 0.5) is 13.2 Å². The minimum atomic E-state index is -4.37. The molecule has 1 heterocycles. The molecule has 0 radical (unpaired) electrons. The maximum Gasteiger partial charge on any atom is 0.416 e. The highest BCUT2D eigenvalue weighted by Crippen LogP contribution is 2.29. The molecule has 1 N–H and O–H groups in total. The fourth-order valence-electron chi connectivity index (χ4n) is 2.33. The number of likely N-dealkylation sites (N-methyl/N-ethyl adjacent to an activating group) is 1. The summed E-state index contributed by atoms with van der Waals surface area (Å²) in [4.78, 5) is 13.7. The first-order valence-corrected chi connectivity index (χ1v) is 6.50. The Labute approximate surface area is 115 Å². The average molecular weight is 286 g/mol. The molecule has 110 valence electrons. The van der Waals surface area contributed by atoms with Gasteiger partial charge in [0.15, 0.2) is 0 Å². The third-order valence-electron chi connectivity index (χ3n) is 3.59. The van der Waals surface area contributed by atoms with Gasteiger partial charge in [-0.1, -0.05) is 18.2 Å². The quantitative estimate of drug-likeness (QED) is 0.922. The van der Waals surface area contributed by atoms with E-state index in [-0.39, 0.29) is 18.4 Å². The number of carbonyl (C=O) groups excluding carboxylic acids is 1. The van der Waals surface area contributed by atoms with Crippen molar-refractivity contribution in [1.82, 2.24) is 10.2 Å². The Bertz CT molecular complexity index is 482. The first-order valence-electron chi connectivity index (χ1n) is 6.50. The molecule has 1 amide bonds.